The lowest BCUT2D eigenvalue weighted by Gasteiger charge is -2.04. The van der Waals surface area contributed by atoms with E-state index in [1.54, 1.807) is 0 Å². The molecule has 0 heterocycles. The molecule has 0 saturated carbocycles. The predicted octanol–water partition coefficient (Wildman–Crippen LogP) is 4.58. The maximum absolute atomic E-state index is 3.97. The van der Waals surface area contributed by atoms with E-state index >= 15 is 0 Å². The summed E-state index contributed by atoms with van der Waals surface area (Å²) in [6.07, 6.45) is 6.56. The van der Waals surface area contributed by atoms with Crippen LogP contribution in [0.2, 0.25) is 0 Å². The van der Waals surface area contributed by atoms with Gasteiger partial charge in [0.05, 0.1) is 0 Å². The minimum absolute atomic E-state index is 0.626. The van der Waals surface area contributed by atoms with Gasteiger partial charge in [-0.25, -0.2) is 0 Å². The molecule has 0 aliphatic heterocycles. The van der Waals surface area contributed by atoms with Crippen LogP contribution in [-0.4, -0.2) is 0 Å². The Hall–Kier alpha value is -0.520. The molecule has 0 heteroatoms. The van der Waals surface area contributed by atoms with Crippen molar-refractivity contribution in [2.75, 3.05) is 0 Å². The fraction of sp³-hybridized carbons (Fsp3) is 0.667. The number of allylic oxidation sites excluding steroid dienone is 3. The lowest BCUT2D eigenvalue weighted by molar-refractivity contribution is 0.751. The van der Waals surface area contributed by atoms with Gasteiger partial charge in [0.1, 0.15) is 0 Å². The average Bonchev–Trinajstić information content (AvgIpc) is 2.08. The molecule has 0 spiro atoms. The predicted molar refractivity (Wildman–Crippen MR) is 59.4 cm³/mol. The van der Waals surface area contributed by atoms with Gasteiger partial charge in [-0.2, -0.15) is 0 Å². The van der Waals surface area contributed by atoms with Crippen LogP contribution >= 0.6 is 0 Å². The molecule has 0 atom stereocenters. The standard InChI is InChI=1S/C10H18.C2H6/c1-5-6-7-8-10(4)9(2)3;1-2/h6-7,9H,4-5,8H2,1-3H3;1-2H3/b7-6+;. The lowest BCUT2D eigenvalue weighted by atomic mass is 10.0. The first-order valence-electron chi connectivity index (χ1n) is 5.01. The summed E-state index contributed by atoms with van der Waals surface area (Å²) in [6, 6.07) is 0. The third-order valence-electron chi connectivity index (χ3n) is 1.60. The van der Waals surface area contributed by atoms with Crippen LogP contribution < -0.4 is 0 Å². The van der Waals surface area contributed by atoms with Gasteiger partial charge < -0.3 is 0 Å². The summed E-state index contributed by atoms with van der Waals surface area (Å²) in [7, 11) is 0. The maximum atomic E-state index is 3.97. The van der Waals surface area contributed by atoms with Crippen LogP contribution in [0.3, 0.4) is 0 Å². The number of hydrogen-bond donors (Lipinski definition) is 0. The maximum Gasteiger partial charge on any atom is -0.0139 e. The molecule has 0 nitrogen and oxygen atoms in total. The summed E-state index contributed by atoms with van der Waals surface area (Å²) >= 11 is 0. The van der Waals surface area contributed by atoms with Crippen LogP contribution in [0.25, 0.3) is 0 Å². The highest BCUT2D eigenvalue weighted by molar-refractivity contribution is 5.04. The topological polar surface area (TPSA) is 0 Å². The first-order chi connectivity index (χ1) is 5.68. The highest BCUT2D eigenvalue weighted by atomic mass is 14.0. The smallest absolute Gasteiger partial charge is 0.0139 e. The fourth-order valence-corrected chi connectivity index (χ4v) is 0.637. The van der Waals surface area contributed by atoms with Crippen LogP contribution in [0.1, 0.15) is 47.5 Å². The zero-order valence-electron chi connectivity index (χ0n) is 9.35. The van der Waals surface area contributed by atoms with E-state index in [4.69, 9.17) is 0 Å². The van der Waals surface area contributed by atoms with E-state index in [2.05, 4.69) is 39.5 Å². The molecule has 0 radical (unpaired) electrons. The second kappa shape index (κ2) is 10.5. The van der Waals surface area contributed by atoms with Crippen molar-refractivity contribution in [1.82, 2.24) is 0 Å². The van der Waals surface area contributed by atoms with E-state index in [0.29, 0.717) is 5.92 Å². The van der Waals surface area contributed by atoms with E-state index in [-0.39, 0.29) is 0 Å². The monoisotopic (exact) mass is 168 g/mol. The SMILES string of the molecule is C=C(C/C=C/CC)C(C)C.CC. The first-order valence-corrected chi connectivity index (χ1v) is 5.01. The largest absolute Gasteiger partial charge is 0.0993 e. The number of hydrogen-bond acceptors (Lipinski definition) is 0. The van der Waals surface area contributed by atoms with Gasteiger partial charge in [0.15, 0.2) is 0 Å². The molecule has 0 aromatic carbocycles. The van der Waals surface area contributed by atoms with E-state index in [0.717, 1.165) is 12.8 Å². The van der Waals surface area contributed by atoms with Crippen molar-refractivity contribution in [3.63, 3.8) is 0 Å². The Labute approximate surface area is 78.4 Å². The molecule has 0 aliphatic carbocycles. The second-order valence-electron chi connectivity index (χ2n) is 2.90. The van der Waals surface area contributed by atoms with E-state index in [1.807, 2.05) is 13.8 Å². The minimum atomic E-state index is 0.626. The molecular weight excluding hydrogens is 144 g/mol. The van der Waals surface area contributed by atoms with Crippen molar-refractivity contribution < 1.29 is 0 Å². The van der Waals surface area contributed by atoms with Gasteiger partial charge in [-0.15, -0.1) is 0 Å². The molecule has 0 bridgehead atoms. The van der Waals surface area contributed by atoms with Gasteiger partial charge >= 0.3 is 0 Å². The van der Waals surface area contributed by atoms with Crippen molar-refractivity contribution in [3.05, 3.63) is 24.3 Å². The lowest BCUT2D eigenvalue weighted by Crippen LogP contribution is -1.89. The highest BCUT2D eigenvalue weighted by Crippen LogP contribution is 2.11. The highest BCUT2D eigenvalue weighted by Gasteiger charge is 1.95. The minimum Gasteiger partial charge on any atom is -0.0993 e. The molecule has 0 N–H and O–H groups in total. The molecule has 12 heavy (non-hydrogen) atoms. The Morgan fingerprint density at radius 3 is 2.08 bits per heavy atom. The van der Waals surface area contributed by atoms with Crippen molar-refractivity contribution in [3.8, 4) is 0 Å². The molecule has 72 valence electrons. The molecule has 0 amide bonds. The molecule has 0 aliphatic rings. The molecular formula is C12H24. The third-order valence-corrected chi connectivity index (χ3v) is 1.60. The van der Waals surface area contributed by atoms with Crippen LogP contribution in [0.15, 0.2) is 24.3 Å². The van der Waals surface area contributed by atoms with Crippen LogP contribution in [-0.2, 0) is 0 Å². The summed E-state index contributed by atoms with van der Waals surface area (Å²) in [5.74, 6) is 0.626. The Kier molecular flexibility index (Phi) is 12.3. The van der Waals surface area contributed by atoms with Crippen LogP contribution in [0.5, 0.6) is 0 Å². The Morgan fingerprint density at radius 2 is 1.75 bits per heavy atom. The zero-order valence-corrected chi connectivity index (χ0v) is 9.35. The molecule has 0 rings (SSSR count). The summed E-state index contributed by atoms with van der Waals surface area (Å²) < 4.78 is 0. The summed E-state index contributed by atoms with van der Waals surface area (Å²) in [5.41, 5.74) is 1.32. The summed E-state index contributed by atoms with van der Waals surface area (Å²) in [5, 5.41) is 0. The molecule has 0 saturated heterocycles. The van der Waals surface area contributed by atoms with Gasteiger partial charge in [0.2, 0.25) is 0 Å². The molecule has 0 unspecified atom stereocenters. The van der Waals surface area contributed by atoms with Crippen LogP contribution in [0, 0.1) is 5.92 Å². The van der Waals surface area contributed by atoms with Gasteiger partial charge in [-0.05, 0) is 18.8 Å². The van der Waals surface area contributed by atoms with Gasteiger partial charge in [-0.3, -0.25) is 0 Å². The van der Waals surface area contributed by atoms with Gasteiger partial charge in [-0.1, -0.05) is 58.9 Å². The Bertz CT molecular complexity index is 118. The first kappa shape index (κ1) is 14.0. The third kappa shape index (κ3) is 9.48. The summed E-state index contributed by atoms with van der Waals surface area (Å²) in [4.78, 5) is 0. The van der Waals surface area contributed by atoms with E-state index < -0.39 is 0 Å². The molecule has 0 aromatic heterocycles. The summed E-state index contributed by atoms with van der Waals surface area (Å²) in [6.45, 7) is 14.5. The Morgan fingerprint density at radius 1 is 1.25 bits per heavy atom. The quantitative estimate of drug-likeness (QED) is 0.539. The van der Waals surface area contributed by atoms with Crippen molar-refractivity contribution >= 4 is 0 Å². The normalized spacial score (nSPS) is 9.83. The fourth-order valence-electron chi connectivity index (χ4n) is 0.637. The van der Waals surface area contributed by atoms with Crippen molar-refractivity contribution in [1.29, 1.82) is 0 Å². The average molecular weight is 168 g/mol. The zero-order chi connectivity index (χ0) is 9.98. The van der Waals surface area contributed by atoms with E-state index in [1.165, 1.54) is 5.57 Å². The van der Waals surface area contributed by atoms with Crippen LogP contribution in [0.4, 0.5) is 0 Å². The van der Waals surface area contributed by atoms with E-state index in [9.17, 15) is 0 Å². The van der Waals surface area contributed by atoms with Gasteiger partial charge in [0, 0.05) is 0 Å². The Balaban J connectivity index is 0. The van der Waals surface area contributed by atoms with Crippen molar-refractivity contribution in [2.24, 2.45) is 5.92 Å². The molecule has 0 fully saturated rings. The van der Waals surface area contributed by atoms with Crippen molar-refractivity contribution in [2.45, 2.75) is 47.5 Å². The number of rotatable bonds is 4. The second-order valence-corrected chi connectivity index (χ2v) is 2.90. The molecule has 0 aromatic rings. The van der Waals surface area contributed by atoms with Gasteiger partial charge in [0.25, 0.3) is 0 Å².